The second-order valence-corrected chi connectivity index (χ2v) is 12.5. The summed E-state index contributed by atoms with van der Waals surface area (Å²) in [6.07, 6.45) is 0.00825. The fourth-order valence-corrected chi connectivity index (χ4v) is 4.49. The number of ether oxygens (including phenoxy) is 1. The smallest absolute Gasteiger partial charge is 0.267 e. The zero-order valence-corrected chi connectivity index (χ0v) is 21.5. The summed E-state index contributed by atoms with van der Waals surface area (Å²) >= 11 is 0. The summed E-state index contributed by atoms with van der Waals surface area (Å²) in [7, 11) is -3.67. The number of rotatable bonds is 4. The van der Waals surface area contributed by atoms with Crippen molar-refractivity contribution in [1.82, 2.24) is 5.32 Å². The third kappa shape index (κ3) is 5.88. The van der Waals surface area contributed by atoms with Crippen LogP contribution in [0.2, 0.25) is 0 Å². The summed E-state index contributed by atoms with van der Waals surface area (Å²) < 4.78 is 32.3. The molecular formula is C25H33N3O5S. The Hall–Kier alpha value is -3.07. The van der Waals surface area contributed by atoms with Gasteiger partial charge in [-0.05, 0) is 56.0 Å². The zero-order valence-electron chi connectivity index (χ0n) is 20.7. The molecule has 0 saturated heterocycles. The number of anilines is 2. The molecule has 2 N–H and O–H groups in total. The monoisotopic (exact) mass is 487 g/mol. The van der Waals surface area contributed by atoms with E-state index in [0.29, 0.717) is 22.7 Å². The molecule has 3 rings (SSSR count). The van der Waals surface area contributed by atoms with E-state index >= 15 is 0 Å². The van der Waals surface area contributed by atoms with E-state index in [1.54, 1.807) is 36.4 Å². The maximum absolute atomic E-state index is 13.1. The second-order valence-electron chi connectivity index (χ2n) is 10.6. The van der Waals surface area contributed by atoms with Crippen LogP contribution in [0.4, 0.5) is 11.4 Å². The van der Waals surface area contributed by atoms with Gasteiger partial charge in [0, 0.05) is 5.54 Å². The summed E-state index contributed by atoms with van der Waals surface area (Å²) in [5.41, 5.74) is 1.33. The first-order valence-electron chi connectivity index (χ1n) is 11.1. The van der Waals surface area contributed by atoms with Crippen molar-refractivity contribution in [2.75, 3.05) is 22.4 Å². The van der Waals surface area contributed by atoms with Crippen LogP contribution < -0.4 is 19.7 Å². The summed E-state index contributed by atoms with van der Waals surface area (Å²) in [6, 6.07) is 12.0. The minimum atomic E-state index is -3.67. The molecule has 0 spiro atoms. The fourth-order valence-electron chi connectivity index (χ4n) is 3.58. The van der Waals surface area contributed by atoms with Crippen molar-refractivity contribution >= 4 is 33.2 Å². The molecule has 1 atom stereocenters. The van der Waals surface area contributed by atoms with E-state index in [1.165, 1.54) is 4.31 Å². The van der Waals surface area contributed by atoms with Crippen molar-refractivity contribution in [3.8, 4) is 5.75 Å². The van der Waals surface area contributed by atoms with Gasteiger partial charge in [-0.2, -0.15) is 0 Å². The predicted octanol–water partition coefficient (Wildman–Crippen LogP) is 3.68. The summed E-state index contributed by atoms with van der Waals surface area (Å²) in [6.45, 7) is 11.5. The van der Waals surface area contributed by atoms with Gasteiger partial charge < -0.3 is 15.4 Å². The molecule has 34 heavy (non-hydrogen) atoms. The average molecular weight is 488 g/mol. The number of hydrogen-bond acceptors (Lipinski definition) is 5. The van der Waals surface area contributed by atoms with Crippen LogP contribution in [0.25, 0.3) is 0 Å². The maximum Gasteiger partial charge on any atom is 0.267 e. The molecule has 1 unspecified atom stereocenters. The Morgan fingerprint density at radius 1 is 1.03 bits per heavy atom. The highest BCUT2D eigenvalue weighted by molar-refractivity contribution is 7.92. The highest BCUT2D eigenvalue weighted by atomic mass is 32.2. The Balaban J connectivity index is 1.90. The van der Waals surface area contributed by atoms with Gasteiger partial charge in [-0.25, -0.2) is 8.42 Å². The van der Waals surface area contributed by atoms with Gasteiger partial charge in [0.1, 0.15) is 5.75 Å². The Kier molecular flexibility index (Phi) is 6.72. The number of para-hydroxylation sites is 1. The number of sulfonamides is 1. The van der Waals surface area contributed by atoms with Gasteiger partial charge in [-0.3, -0.25) is 13.9 Å². The molecule has 2 aromatic carbocycles. The molecule has 0 saturated carbocycles. The van der Waals surface area contributed by atoms with Crippen LogP contribution in [0.1, 0.15) is 57.5 Å². The van der Waals surface area contributed by atoms with Gasteiger partial charge in [0.25, 0.3) is 11.8 Å². The van der Waals surface area contributed by atoms with Crippen LogP contribution in [0.5, 0.6) is 5.75 Å². The molecule has 2 aromatic rings. The van der Waals surface area contributed by atoms with E-state index in [2.05, 4.69) is 10.6 Å². The van der Waals surface area contributed by atoms with E-state index < -0.39 is 27.6 Å². The first kappa shape index (κ1) is 25.6. The van der Waals surface area contributed by atoms with Crippen molar-refractivity contribution in [2.45, 2.75) is 58.6 Å². The van der Waals surface area contributed by atoms with E-state index in [4.69, 9.17) is 4.74 Å². The molecule has 9 heteroatoms. The van der Waals surface area contributed by atoms with Gasteiger partial charge in [-0.1, -0.05) is 39.0 Å². The molecule has 1 heterocycles. The number of amides is 2. The van der Waals surface area contributed by atoms with E-state index in [9.17, 15) is 18.0 Å². The highest BCUT2D eigenvalue weighted by Crippen LogP contribution is 2.38. The summed E-state index contributed by atoms with van der Waals surface area (Å²) in [5.74, 6) is -0.565. The predicted molar refractivity (Wildman–Crippen MR) is 134 cm³/mol. The van der Waals surface area contributed by atoms with Gasteiger partial charge >= 0.3 is 0 Å². The maximum atomic E-state index is 13.1. The lowest BCUT2D eigenvalue weighted by Crippen LogP contribution is -2.48. The molecule has 0 fully saturated rings. The third-order valence-electron chi connectivity index (χ3n) is 5.31. The number of carbonyl (C=O) groups excluding carboxylic acids is 2. The molecule has 8 nitrogen and oxygen atoms in total. The number of hydrogen-bond donors (Lipinski definition) is 2. The van der Waals surface area contributed by atoms with Crippen LogP contribution >= 0.6 is 0 Å². The molecule has 0 aromatic heterocycles. The zero-order chi connectivity index (χ0) is 25.5. The lowest BCUT2D eigenvalue weighted by atomic mass is 9.86. The number of benzene rings is 2. The second kappa shape index (κ2) is 8.94. The molecule has 0 bridgehead atoms. The topological polar surface area (TPSA) is 105 Å². The molecule has 0 aliphatic carbocycles. The van der Waals surface area contributed by atoms with Crippen molar-refractivity contribution in [2.24, 2.45) is 0 Å². The largest absolute Gasteiger partial charge is 0.476 e. The molecular weight excluding hydrogens is 454 g/mol. The van der Waals surface area contributed by atoms with Gasteiger partial charge in [0.2, 0.25) is 10.0 Å². The average Bonchev–Trinajstić information content (AvgIpc) is 2.70. The molecule has 2 amide bonds. The third-order valence-corrected chi connectivity index (χ3v) is 6.45. The number of nitrogens with one attached hydrogen (secondary N) is 2. The van der Waals surface area contributed by atoms with Crippen LogP contribution in [0.3, 0.4) is 0 Å². The van der Waals surface area contributed by atoms with Crippen molar-refractivity contribution < 1.29 is 22.7 Å². The van der Waals surface area contributed by atoms with Crippen LogP contribution in [0, 0.1) is 0 Å². The van der Waals surface area contributed by atoms with E-state index in [-0.39, 0.29) is 17.9 Å². The van der Waals surface area contributed by atoms with Gasteiger partial charge in [0.05, 0.1) is 29.7 Å². The Morgan fingerprint density at radius 3 is 2.26 bits per heavy atom. The Morgan fingerprint density at radius 2 is 1.68 bits per heavy atom. The van der Waals surface area contributed by atoms with Crippen molar-refractivity contribution in [1.29, 1.82) is 0 Å². The lowest BCUT2D eigenvalue weighted by molar-refractivity contribution is -0.122. The van der Waals surface area contributed by atoms with Crippen LogP contribution in [-0.2, 0) is 20.2 Å². The SMILES string of the molecule is CC(C)(C)NC(=O)c1ccccc1NC(=O)C1CN(S(C)(=O)=O)c2cc(C(C)(C)C)ccc2O1. The molecule has 1 aliphatic heterocycles. The highest BCUT2D eigenvalue weighted by Gasteiger charge is 2.36. The van der Waals surface area contributed by atoms with E-state index in [0.717, 1.165) is 11.8 Å². The standard InChI is InChI=1S/C25H33N3O5S/c1-24(2,3)16-12-13-20-19(14-16)28(34(7,31)32)15-21(33-20)23(30)26-18-11-9-8-10-17(18)22(29)27-25(4,5)6/h8-14,21H,15H2,1-7H3,(H,26,30)(H,27,29). The van der Waals surface area contributed by atoms with E-state index in [1.807, 2.05) is 47.6 Å². The van der Waals surface area contributed by atoms with Crippen LogP contribution in [-0.4, -0.2) is 44.7 Å². The Labute approximate surface area is 201 Å². The number of nitrogens with zero attached hydrogens (tertiary/aromatic N) is 1. The number of fused-ring (bicyclic) bond motifs is 1. The minimum Gasteiger partial charge on any atom is -0.476 e. The quantitative estimate of drug-likeness (QED) is 0.685. The van der Waals surface area contributed by atoms with Crippen molar-refractivity contribution in [3.05, 3.63) is 53.6 Å². The first-order valence-corrected chi connectivity index (χ1v) is 12.9. The minimum absolute atomic E-state index is 0.179. The van der Waals surface area contributed by atoms with Crippen LogP contribution in [0.15, 0.2) is 42.5 Å². The summed E-state index contributed by atoms with van der Waals surface area (Å²) in [4.78, 5) is 25.9. The lowest BCUT2D eigenvalue weighted by Gasteiger charge is -2.35. The molecule has 0 radical (unpaired) electrons. The number of carbonyl (C=O) groups is 2. The molecule has 1 aliphatic rings. The normalized spacial score (nSPS) is 16.3. The fraction of sp³-hybridized carbons (Fsp3) is 0.440. The Bertz CT molecular complexity index is 1210. The summed E-state index contributed by atoms with van der Waals surface area (Å²) in [5, 5.41) is 5.62. The molecule has 184 valence electrons. The van der Waals surface area contributed by atoms with Gasteiger partial charge in [-0.15, -0.1) is 0 Å². The first-order chi connectivity index (χ1) is 15.6. The van der Waals surface area contributed by atoms with Crippen molar-refractivity contribution in [3.63, 3.8) is 0 Å². The van der Waals surface area contributed by atoms with Gasteiger partial charge in [0.15, 0.2) is 6.10 Å².